The summed E-state index contributed by atoms with van der Waals surface area (Å²) in [5.74, 6) is -3.77. The molecule has 7 N–H and O–H groups in total. The molecule has 0 aliphatic heterocycles. The molecule has 10 nitrogen and oxygen atoms in total. The predicted octanol–water partition coefficient (Wildman–Crippen LogP) is -1.43. The summed E-state index contributed by atoms with van der Waals surface area (Å²) in [5.41, 5.74) is 5.17. The molecule has 156 valence electrons. The molecule has 5 atom stereocenters. The Morgan fingerprint density at radius 1 is 0.889 bits per heavy atom. The molecular formula is C17H32N4O6. The summed E-state index contributed by atoms with van der Waals surface area (Å²) in [6.45, 7) is 6.05. The lowest BCUT2D eigenvalue weighted by atomic mass is 9.95. The maximum atomic E-state index is 12.6. The van der Waals surface area contributed by atoms with Crippen LogP contribution in [0.5, 0.6) is 0 Å². The van der Waals surface area contributed by atoms with E-state index in [1.54, 1.807) is 13.8 Å². The number of aliphatic hydroxyl groups excluding tert-OH is 1. The average molecular weight is 388 g/mol. The minimum Gasteiger partial charge on any atom is -0.480 e. The van der Waals surface area contributed by atoms with Crippen LogP contribution in [0.15, 0.2) is 0 Å². The maximum absolute atomic E-state index is 12.6. The molecule has 3 amide bonds. The topological polar surface area (TPSA) is 171 Å². The molecule has 0 radical (unpaired) electrons. The van der Waals surface area contributed by atoms with E-state index >= 15 is 0 Å². The number of carboxylic acid groups (broad SMARTS) is 1. The van der Waals surface area contributed by atoms with E-state index in [0.717, 1.165) is 0 Å². The van der Waals surface area contributed by atoms with Crippen LogP contribution >= 0.6 is 0 Å². The highest BCUT2D eigenvalue weighted by Crippen LogP contribution is 2.12. The number of rotatable bonds is 12. The summed E-state index contributed by atoms with van der Waals surface area (Å²) in [4.78, 5) is 47.8. The number of nitrogens with two attached hydrogens (primary N) is 1. The molecule has 0 unspecified atom stereocenters. The third kappa shape index (κ3) is 7.92. The number of carboxylic acids is 1. The number of aliphatic hydroxyl groups is 1. The van der Waals surface area contributed by atoms with Crippen LogP contribution in [0.1, 0.15) is 40.5 Å². The van der Waals surface area contributed by atoms with Crippen molar-refractivity contribution in [3.8, 4) is 0 Å². The number of carbonyl (C=O) groups is 4. The van der Waals surface area contributed by atoms with Gasteiger partial charge in [-0.25, -0.2) is 4.79 Å². The molecule has 10 heteroatoms. The Hall–Kier alpha value is -2.20. The van der Waals surface area contributed by atoms with E-state index in [0.29, 0.717) is 12.8 Å². The predicted molar refractivity (Wildman–Crippen MR) is 98.5 cm³/mol. The SMILES string of the molecule is CC[C@H](C)[C@H](NC(=O)[C@@H](NC(=O)[C@H](CO)NC(=O)CN)[C@@H](C)CC)C(=O)O. The standard InChI is InChI=1S/C17H32N4O6/c1-5-9(3)13(16(25)21-14(17(26)27)10(4)6-2)20-15(24)11(8-22)19-12(23)7-18/h9-11,13-14,22H,5-8,18H2,1-4H3,(H,19,23)(H,20,24)(H,21,25)(H,26,27)/t9-,10-,11-,13-,14-/m0/s1. The second-order valence-corrected chi connectivity index (χ2v) is 6.59. The number of aliphatic carboxylic acids is 1. The van der Waals surface area contributed by atoms with E-state index < -0.39 is 48.4 Å². The molecule has 0 aliphatic carbocycles. The monoisotopic (exact) mass is 388 g/mol. The molecule has 0 aromatic carbocycles. The number of nitrogens with one attached hydrogen (secondary N) is 3. The highest BCUT2D eigenvalue weighted by molar-refractivity contribution is 5.93. The molecule has 0 saturated carbocycles. The van der Waals surface area contributed by atoms with Gasteiger partial charge in [0.15, 0.2) is 0 Å². The summed E-state index contributed by atoms with van der Waals surface area (Å²) in [7, 11) is 0. The Morgan fingerprint density at radius 2 is 1.37 bits per heavy atom. The van der Waals surface area contributed by atoms with E-state index in [-0.39, 0.29) is 18.4 Å². The zero-order valence-electron chi connectivity index (χ0n) is 16.3. The lowest BCUT2D eigenvalue weighted by Crippen LogP contribution is -2.59. The molecule has 27 heavy (non-hydrogen) atoms. The molecule has 0 saturated heterocycles. The minimum atomic E-state index is -1.26. The van der Waals surface area contributed by atoms with Gasteiger partial charge in [0, 0.05) is 0 Å². The zero-order chi connectivity index (χ0) is 21.1. The van der Waals surface area contributed by atoms with Gasteiger partial charge in [0.1, 0.15) is 18.1 Å². The molecule has 0 aromatic rings. The van der Waals surface area contributed by atoms with Gasteiger partial charge in [-0.1, -0.05) is 40.5 Å². The van der Waals surface area contributed by atoms with E-state index in [4.69, 9.17) is 5.73 Å². The van der Waals surface area contributed by atoms with Gasteiger partial charge in [-0.15, -0.1) is 0 Å². The lowest BCUT2D eigenvalue weighted by molar-refractivity contribution is -0.144. The highest BCUT2D eigenvalue weighted by atomic mass is 16.4. The Morgan fingerprint density at radius 3 is 1.78 bits per heavy atom. The summed E-state index contributed by atoms with van der Waals surface area (Å²) in [6, 6.07) is -3.36. The van der Waals surface area contributed by atoms with E-state index in [9.17, 15) is 29.4 Å². The van der Waals surface area contributed by atoms with Crippen molar-refractivity contribution in [3.05, 3.63) is 0 Å². The molecular weight excluding hydrogens is 356 g/mol. The van der Waals surface area contributed by atoms with Crippen LogP contribution in [0.4, 0.5) is 0 Å². The van der Waals surface area contributed by atoms with Crippen molar-refractivity contribution in [2.45, 2.75) is 58.7 Å². The van der Waals surface area contributed by atoms with Crippen molar-refractivity contribution >= 4 is 23.7 Å². The zero-order valence-corrected chi connectivity index (χ0v) is 16.3. The van der Waals surface area contributed by atoms with E-state index in [2.05, 4.69) is 16.0 Å². The Labute approximate surface area is 159 Å². The van der Waals surface area contributed by atoms with Gasteiger partial charge in [-0.3, -0.25) is 14.4 Å². The second-order valence-electron chi connectivity index (χ2n) is 6.59. The van der Waals surface area contributed by atoms with Gasteiger partial charge >= 0.3 is 5.97 Å². The van der Waals surface area contributed by atoms with Crippen molar-refractivity contribution in [2.75, 3.05) is 13.2 Å². The number of hydrogen-bond donors (Lipinski definition) is 6. The van der Waals surface area contributed by atoms with Gasteiger partial charge in [0.2, 0.25) is 17.7 Å². The third-order valence-electron chi connectivity index (χ3n) is 4.59. The van der Waals surface area contributed by atoms with Crippen LogP contribution in [-0.4, -0.2) is 65.2 Å². The second kappa shape index (κ2) is 12.2. The van der Waals surface area contributed by atoms with Crippen molar-refractivity contribution in [2.24, 2.45) is 17.6 Å². The van der Waals surface area contributed by atoms with Crippen LogP contribution in [0.3, 0.4) is 0 Å². The molecule has 0 rings (SSSR count). The van der Waals surface area contributed by atoms with Crippen LogP contribution in [0.25, 0.3) is 0 Å². The Bertz CT molecular complexity index is 528. The molecule has 0 bridgehead atoms. The van der Waals surface area contributed by atoms with Gasteiger partial charge < -0.3 is 31.9 Å². The number of carbonyl (C=O) groups excluding carboxylic acids is 3. The maximum Gasteiger partial charge on any atom is 0.326 e. The van der Waals surface area contributed by atoms with Gasteiger partial charge in [-0.05, 0) is 11.8 Å². The first-order chi connectivity index (χ1) is 12.6. The third-order valence-corrected chi connectivity index (χ3v) is 4.59. The van der Waals surface area contributed by atoms with Crippen molar-refractivity contribution in [1.82, 2.24) is 16.0 Å². The normalized spacial score (nSPS) is 16.4. The minimum absolute atomic E-state index is 0.297. The average Bonchev–Trinajstić information content (AvgIpc) is 2.65. The van der Waals surface area contributed by atoms with E-state index in [1.165, 1.54) is 0 Å². The molecule has 0 fully saturated rings. The van der Waals surface area contributed by atoms with Gasteiger partial charge in [-0.2, -0.15) is 0 Å². The first-order valence-corrected chi connectivity index (χ1v) is 9.06. The molecule has 0 aromatic heterocycles. The first kappa shape index (κ1) is 24.8. The summed E-state index contributed by atoms with van der Waals surface area (Å²) >= 11 is 0. The number of hydrogen-bond acceptors (Lipinski definition) is 6. The van der Waals surface area contributed by atoms with Crippen LogP contribution in [0, 0.1) is 11.8 Å². The van der Waals surface area contributed by atoms with Crippen molar-refractivity contribution in [1.29, 1.82) is 0 Å². The largest absolute Gasteiger partial charge is 0.480 e. The summed E-state index contributed by atoms with van der Waals surface area (Å²) < 4.78 is 0. The van der Waals surface area contributed by atoms with Gasteiger partial charge in [0.05, 0.1) is 13.2 Å². The fourth-order valence-electron chi connectivity index (χ4n) is 2.33. The van der Waals surface area contributed by atoms with Crippen LogP contribution in [0.2, 0.25) is 0 Å². The highest BCUT2D eigenvalue weighted by Gasteiger charge is 2.33. The fraction of sp³-hybridized carbons (Fsp3) is 0.765. The Kier molecular flexibility index (Phi) is 11.2. The first-order valence-electron chi connectivity index (χ1n) is 9.06. The smallest absolute Gasteiger partial charge is 0.326 e. The fourth-order valence-corrected chi connectivity index (χ4v) is 2.33. The Balaban J connectivity index is 5.31. The van der Waals surface area contributed by atoms with Gasteiger partial charge in [0.25, 0.3) is 0 Å². The van der Waals surface area contributed by atoms with Crippen LogP contribution in [-0.2, 0) is 19.2 Å². The van der Waals surface area contributed by atoms with Crippen molar-refractivity contribution < 1.29 is 29.4 Å². The van der Waals surface area contributed by atoms with Crippen LogP contribution < -0.4 is 21.7 Å². The summed E-state index contributed by atoms with van der Waals surface area (Å²) in [6.07, 6.45) is 1.09. The quantitative estimate of drug-likeness (QED) is 0.238. The molecule has 0 aliphatic rings. The summed E-state index contributed by atoms with van der Waals surface area (Å²) in [5, 5.41) is 25.9. The molecule has 0 spiro atoms. The lowest BCUT2D eigenvalue weighted by Gasteiger charge is -2.28. The van der Waals surface area contributed by atoms with Crippen molar-refractivity contribution in [3.63, 3.8) is 0 Å². The number of amides is 3. The van der Waals surface area contributed by atoms with E-state index in [1.807, 2.05) is 13.8 Å². The molecule has 0 heterocycles.